The summed E-state index contributed by atoms with van der Waals surface area (Å²) in [7, 11) is 0. The number of benzene rings is 1. The third kappa shape index (κ3) is 4.65. The Morgan fingerprint density at radius 2 is 2.06 bits per heavy atom. The van der Waals surface area contributed by atoms with Crippen molar-refractivity contribution in [2.45, 2.75) is 60.4 Å². The predicted octanol–water partition coefficient (Wildman–Crippen LogP) is 5.54. The van der Waals surface area contributed by atoms with Gasteiger partial charge in [-0.15, -0.1) is 0 Å². The van der Waals surface area contributed by atoms with Gasteiger partial charge in [0.25, 0.3) is 11.8 Å². The maximum atomic E-state index is 13.1. The van der Waals surface area contributed by atoms with Crippen LogP contribution in [0.2, 0.25) is 0 Å². The van der Waals surface area contributed by atoms with Crippen molar-refractivity contribution in [1.82, 2.24) is 14.7 Å². The summed E-state index contributed by atoms with van der Waals surface area (Å²) in [4.78, 5) is 17.5. The number of hydrogen-bond acceptors (Lipinski definition) is 5. The van der Waals surface area contributed by atoms with Crippen molar-refractivity contribution in [2.24, 2.45) is 0 Å². The van der Waals surface area contributed by atoms with Gasteiger partial charge in [-0.3, -0.25) is 4.79 Å². The van der Waals surface area contributed by atoms with Crippen molar-refractivity contribution in [2.75, 3.05) is 5.32 Å². The molecule has 2 heterocycles. The summed E-state index contributed by atoms with van der Waals surface area (Å²) in [6.07, 6.45) is 2.65. The Kier molecular flexibility index (Phi) is 6.94. The van der Waals surface area contributed by atoms with Crippen LogP contribution in [0, 0.1) is 32.1 Å². The zero-order chi connectivity index (χ0) is 23.4. The Morgan fingerprint density at radius 1 is 1.31 bits per heavy atom. The van der Waals surface area contributed by atoms with Gasteiger partial charge in [-0.2, -0.15) is 10.2 Å². The summed E-state index contributed by atoms with van der Waals surface area (Å²) < 4.78 is 7.63. The topological polar surface area (TPSA) is 96.7 Å². The minimum Gasteiger partial charge on any atom is -0.349 e. The smallest absolute Gasteiger partial charge is 0.266 e. The van der Waals surface area contributed by atoms with Crippen molar-refractivity contribution in [1.29, 1.82) is 5.26 Å². The van der Waals surface area contributed by atoms with Gasteiger partial charge in [0.05, 0.1) is 11.3 Å². The zero-order valence-electron chi connectivity index (χ0n) is 19.5. The van der Waals surface area contributed by atoms with Crippen molar-refractivity contribution in [3.8, 4) is 17.5 Å². The molecule has 0 spiro atoms. The molecule has 0 bridgehead atoms. The van der Waals surface area contributed by atoms with E-state index >= 15 is 0 Å². The van der Waals surface area contributed by atoms with Gasteiger partial charge in [0.2, 0.25) is 0 Å². The lowest BCUT2D eigenvalue weighted by Gasteiger charge is -2.11. The molecule has 1 amide bonds. The van der Waals surface area contributed by atoms with Gasteiger partial charge < -0.3 is 14.4 Å². The normalized spacial score (nSPS) is 11.6. The number of nitrogens with one attached hydrogen (secondary N) is 1. The lowest BCUT2D eigenvalue weighted by atomic mass is 10.1. The van der Waals surface area contributed by atoms with E-state index in [9.17, 15) is 10.1 Å². The molecule has 0 saturated carbocycles. The van der Waals surface area contributed by atoms with Crippen LogP contribution < -0.4 is 5.32 Å². The third-order valence-corrected chi connectivity index (χ3v) is 5.42. The Morgan fingerprint density at radius 3 is 2.69 bits per heavy atom. The number of hydrogen-bond donors (Lipinski definition) is 1. The molecule has 0 saturated heterocycles. The van der Waals surface area contributed by atoms with Crippen LogP contribution in [0.25, 0.3) is 17.5 Å². The first kappa shape index (κ1) is 23.0. The highest BCUT2D eigenvalue weighted by Gasteiger charge is 2.19. The Bertz CT molecular complexity index is 1210. The summed E-state index contributed by atoms with van der Waals surface area (Å²) in [6, 6.07) is 9.61. The molecule has 166 valence electrons. The number of para-hydroxylation sites is 1. The standard InChI is InChI=1S/C25H29N5O2/c1-7-11-30-17(5)12-19(18(30)6)13-20(14-26)24(31)27-22-16(4)9-8-10-21(22)25-28-23(15(2)3)29-32-25/h8-10,12-13,15H,7,11H2,1-6H3,(H,27,31)/b20-13+. The van der Waals surface area contributed by atoms with E-state index < -0.39 is 5.91 Å². The molecule has 0 radical (unpaired) electrons. The number of nitriles is 1. The van der Waals surface area contributed by atoms with Crippen molar-refractivity contribution in [3.05, 3.63) is 58.2 Å². The third-order valence-electron chi connectivity index (χ3n) is 5.42. The van der Waals surface area contributed by atoms with Gasteiger partial charge in [-0.1, -0.05) is 38.1 Å². The van der Waals surface area contributed by atoms with Crippen molar-refractivity contribution in [3.63, 3.8) is 0 Å². The molecule has 0 fully saturated rings. The van der Waals surface area contributed by atoms with Crippen LogP contribution in [0.15, 0.2) is 34.4 Å². The van der Waals surface area contributed by atoms with Crippen LogP contribution in [-0.4, -0.2) is 20.6 Å². The first-order valence-electron chi connectivity index (χ1n) is 10.8. The summed E-state index contributed by atoms with van der Waals surface area (Å²) in [5, 5.41) is 16.6. The van der Waals surface area contributed by atoms with Gasteiger partial charge in [-0.25, -0.2) is 0 Å². The van der Waals surface area contributed by atoms with Crippen LogP contribution in [0.1, 0.15) is 61.4 Å². The lowest BCUT2D eigenvalue weighted by molar-refractivity contribution is -0.112. The fraction of sp³-hybridized carbons (Fsp3) is 0.360. The molecule has 1 N–H and O–H groups in total. The molecular weight excluding hydrogens is 402 g/mol. The molecule has 7 nitrogen and oxygen atoms in total. The fourth-order valence-electron chi connectivity index (χ4n) is 3.62. The van der Waals surface area contributed by atoms with E-state index in [-0.39, 0.29) is 11.5 Å². The van der Waals surface area contributed by atoms with E-state index in [0.29, 0.717) is 23.0 Å². The molecule has 7 heteroatoms. The second-order valence-corrected chi connectivity index (χ2v) is 8.21. The van der Waals surface area contributed by atoms with Crippen LogP contribution in [0.5, 0.6) is 0 Å². The van der Waals surface area contributed by atoms with E-state index in [4.69, 9.17) is 4.52 Å². The van der Waals surface area contributed by atoms with Crippen LogP contribution in [0.3, 0.4) is 0 Å². The number of aromatic nitrogens is 3. The number of amides is 1. The molecule has 3 rings (SSSR count). The zero-order valence-corrected chi connectivity index (χ0v) is 19.5. The first-order valence-corrected chi connectivity index (χ1v) is 10.8. The summed E-state index contributed by atoms with van der Waals surface area (Å²) in [6.45, 7) is 12.9. The number of carbonyl (C=O) groups is 1. The van der Waals surface area contributed by atoms with Crippen molar-refractivity contribution >= 4 is 17.7 Å². The molecule has 0 aliphatic carbocycles. The van der Waals surface area contributed by atoms with E-state index in [1.165, 1.54) is 0 Å². The molecule has 0 atom stereocenters. The Hall–Kier alpha value is -3.66. The Balaban J connectivity index is 1.95. The SMILES string of the molecule is CCCn1c(C)cc(/C=C(\C#N)C(=O)Nc2c(C)cccc2-c2nc(C(C)C)no2)c1C. The molecule has 32 heavy (non-hydrogen) atoms. The highest BCUT2D eigenvalue weighted by atomic mass is 16.5. The summed E-state index contributed by atoms with van der Waals surface area (Å²) >= 11 is 0. The predicted molar refractivity (Wildman–Crippen MR) is 125 cm³/mol. The molecule has 0 aliphatic heterocycles. The van der Waals surface area contributed by atoms with E-state index in [0.717, 1.165) is 35.5 Å². The highest BCUT2D eigenvalue weighted by Crippen LogP contribution is 2.31. The minimum atomic E-state index is -0.480. The van der Waals surface area contributed by atoms with Crippen molar-refractivity contribution < 1.29 is 9.32 Å². The van der Waals surface area contributed by atoms with Crippen LogP contribution in [0.4, 0.5) is 5.69 Å². The molecule has 0 aliphatic rings. The molecular formula is C25H29N5O2. The van der Waals surface area contributed by atoms with Gasteiger partial charge in [-0.05, 0) is 56.5 Å². The average molecular weight is 432 g/mol. The van der Waals surface area contributed by atoms with Gasteiger partial charge >= 0.3 is 0 Å². The largest absolute Gasteiger partial charge is 0.349 e. The number of aryl methyl sites for hydroxylation is 2. The Labute approximate surface area is 188 Å². The van der Waals surface area contributed by atoms with Crippen LogP contribution >= 0.6 is 0 Å². The van der Waals surface area contributed by atoms with Gasteiger partial charge in [0, 0.05) is 23.9 Å². The first-order chi connectivity index (χ1) is 15.3. The second kappa shape index (κ2) is 9.65. The maximum absolute atomic E-state index is 13.1. The van der Waals surface area contributed by atoms with E-state index in [2.05, 4.69) is 26.9 Å². The molecule has 2 aromatic heterocycles. The second-order valence-electron chi connectivity index (χ2n) is 8.21. The summed E-state index contributed by atoms with van der Waals surface area (Å²) in [5.74, 6) is 0.569. The molecule has 1 aromatic carbocycles. The number of anilines is 1. The molecule has 0 unspecified atom stereocenters. The van der Waals surface area contributed by atoms with E-state index in [1.54, 1.807) is 6.08 Å². The molecule has 3 aromatic rings. The minimum absolute atomic E-state index is 0.0318. The van der Waals surface area contributed by atoms with Gasteiger partial charge in [0.1, 0.15) is 11.6 Å². The lowest BCUT2D eigenvalue weighted by Crippen LogP contribution is -2.15. The number of nitrogens with zero attached hydrogens (tertiary/aromatic N) is 4. The maximum Gasteiger partial charge on any atom is 0.266 e. The fourth-order valence-corrected chi connectivity index (χ4v) is 3.62. The van der Waals surface area contributed by atoms with Crippen LogP contribution in [-0.2, 0) is 11.3 Å². The van der Waals surface area contributed by atoms with Gasteiger partial charge in [0.15, 0.2) is 5.82 Å². The summed E-state index contributed by atoms with van der Waals surface area (Å²) in [5.41, 5.74) is 5.04. The monoisotopic (exact) mass is 431 g/mol. The number of rotatable bonds is 7. The quantitative estimate of drug-likeness (QED) is 0.391. The number of carbonyl (C=O) groups excluding carboxylic acids is 1. The van der Waals surface area contributed by atoms with E-state index in [1.807, 2.05) is 65.0 Å². The highest BCUT2D eigenvalue weighted by molar-refractivity contribution is 6.11. The average Bonchev–Trinajstić information content (AvgIpc) is 3.34.